The first-order valence-electron chi connectivity index (χ1n) is 6.05. The maximum atomic E-state index is 14.1. The number of halogens is 4. The molecule has 3 rings (SSSR count). The second-order valence-electron chi connectivity index (χ2n) is 4.56. The van der Waals surface area contributed by atoms with Crippen LogP contribution in [0.25, 0.3) is 22.3 Å². The molecule has 0 aliphatic rings. The number of fused-ring (bicyclic) bond motifs is 1. The summed E-state index contributed by atoms with van der Waals surface area (Å²) in [5.74, 6) is -0.331. The molecule has 1 aromatic heterocycles. The standard InChI is InChI=1S/C15H8BrCl2FN2/c1-7-5-8(16)6-10-13(7)20-15(21-14(10)18)9-3-2-4-11(17)12(9)19/h2-6H,1H3. The van der Waals surface area contributed by atoms with Gasteiger partial charge in [0.15, 0.2) is 11.6 Å². The van der Waals surface area contributed by atoms with E-state index in [1.54, 1.807) is 12.1 Å². The Bertz CT molecular complexity index is 868. The monoisotopic (exact) mass is 384 g/mol. The van der Waals surface area contributed by atoms with E-state index in [2.05, 4.69) is 25.9 Å². The maximum absolute atomic E-state index is 14.1. The quantitative estimate of drug-likeness (QED) is 0.493. The summed E-state index contributed by atoms with van der Waals surface area (Å²) in [5, 5.41) is 1.02. The van der Waals surface area contributed by atoms with Gasteiger partial charge in [-0.2, -0.15) is 0 Å². The second kappa shape index (κ2) is 5.52. The third-order valence-corrected chi connectivity index (χ3v) is 4.14. The van der Waals surface area contributed by atoms with Crippen LogP contribution in [0.15, 0.2) is 34.8 Å². The van der Waals surface area contributed by atoms with E-state index in [1.807, 2.05) is 19.1 Å². The average Bonchev–Trinajstić information content (AvgIpc) is 2.43. The van der Waals surface area contributed by atoms with E-state index >= 15 is 0 Å². The van der Waals surface area contributed by atoms with E-state index in [-0.39, 0.29) is 21.6 Å². The molecule has 3 aromatic rings. The minimum Gasteiger partial charge on any atom is -0.227 e. The van der Waals surface area contributed by atoms with Crippen LogP contribution in [0.1, 0.15) is 5.56 Å². The van der Waals surface area contributed by atoms with E-state index in [9.17, 15) is 4.39 Å². The van der Waals surface area contributed by atoms with Gasteiger partial charge in [0.25, 0.3) is 0 Å². The first-order valence-corrected chi connectivity index (χ1v) is 7.60. The van der Waals surface area contributed by atoms with E-state index in [4.69, 9.17) is 23.2 Å². The molecular formula is C15H8BrCl2FN2. The topological polar surface area (TPSA) is 25.8 Å². The fourth-order valence-corrected chi connectivity index (χ4v) is 3.09. The van der Waals surface area contributed by atoms with E-state index in [0.29, 0.717) is 5.52 Å². The molecule has 106 valence electrons. The van der Waals surface area contributed by atoms with Crippen LogP contribution in [0.4, 0.5) is 4.39 Å². The summed E-state index contributed by atoms with van der Waals surface area (Å²) in [6, 6.07) is 8.46. The van der Waals surface area contributed by atoms with Crippen LogP contribution in [-0.2, 0) is 0 Å². The van der Waals surface area contributed by atoms with E-state index < -0.39 is 5.82 Å². The summed E-state index contributed by atoms with van der Waals surface area (Å²) in [6.45, 7) is 1.91. The molecule has 0 saturated carbocycles. The first kappa shape index (κ1) is 14.7. The van der Waals surface area contributed by atoms with Crippen molar-refractivity contribution < 1.29 is 4.39 Å². The summed E-state index contributed by atoms with van der Waals surface area (Å²) in [5.41, 5.74) is 1.84. The second-order valence-corrected chi connectivity index (χ2v) is 6.24. The zero-order valence-corrected chi connectivity index (χ0v) is 13.9. The Morgan fingerprint density at radius 2 is 1.90 bits per heavy atom. The molecule has 0 spiro atoms. The smallest absolute Gasteiger partial charge is 0.164 e. The molecule has 0 amide bonds. The molecule has 0 atom stereocenters. The predicted octanol–water partition coefficient (Wildman–Crippen LogP) is 5.81. The molecule has 0 unspecified atom stereocenters. The minimum atomic E-state index is -0.552. The van der Waals surface area contributed by atoms with Gasteiger partial charge in [0.1, 0.15) is 5.15 Å². The molecule has 1 heterocycles. The summed E-state index contributed by atoms with van der Waals surface area (Å²) < 4.78 is 15.0. The van der Waals surface area contributed by atoms with Crippen molar-refractivity contribution in [2.75, 3.05) is 0 Å². The molecule has 0 aliphatic heterocycles. The number of benzene rings is 2. The fraction of sp³-hybridized carbons (Fsp3) is 0.0667. The van der Waals surface area contributed by atoms with Gasteiger partial charge in [-0.15, -0.1) is 0 Å². The molecule has 0 radical (unpaired) electrons. The molecule has 0 aliphatic carbocycles. The van der Waals surface area contributed by atoms with Crippen LogP contribution in [0.2, 0.25) is 10.2 Å². The highest BCUT2D eigenvalue weighted by Gasteiger charge is 2.15. The molecule has 0 bridgehead atoms. The van der Waals surface area contributed by atoms with Gasteiger partial charge in [0.2, 0.25) is 0 Å². The van der Waals surface area contributed by atoms with Crippen LogP contribution in [0.3, 0.4) is 0 Å². The Kier molecular flexibility index (Phi) is 3.86. The summed E-state index contributed by atoms with van der Waals surface area (Å²) in [7, 11) is 0. The van der Waals surface area contributed by atoms with Crippen molar-refractivity contribution >= 4 is 50.0 Å². The minimum absolute atomic E-state index is 0.0276. The highest BCUT2D eigenvalue weighted by Crippen LogP contribution is 2.31. The van der Waals surface area contributed by atoms with Gasteiger partial charge < -0.3 is 0 Å². The SMILES string of the molecule is Cc1cc(Br)cc2c(Cl)nc(-c3cccc(Cl)c3F)nc12. The molecular weight excluding hydrogens is 378 g/mol. The average molecular weight is 386 g/mol. The van der Waals surface area contributed by atoms with Gasteiger partial charge in [-0.3, -0.25) is 0 Å². The summed E-state index contributed by atoms with van der Waals surface area (Å²) >= 11 is 15.4. The summed E-state index contributed by atoms with van der Waals surface area (Å²) in [4.78, 5) is 8.62. The summed E-state index contributed by atoms with van der Waals surface area (Å²) in [6.07, 6.45) is 0. The van der Waals surface area contributed by atoms with Crippen molar-refractivity contribution in [1.29, 1.82) is 0 Å². The van der Waals surface area contributed by atoms with Crippen LogP contribution < -0.4 is 0 Å². The number of aryl methyl sites for hydroxylation is 1. The number of rotatable bonds is 1. The third-order valence-electron chi connectivity index (χ3n) is 3.10. The van der Waals surface area contributed by atoms with Crippen molar-refractivity contribution in [3.63, 3.8) is 0 Å². The maximum Gasteiger partial charge on any atom is 0.164 e. The normalized spacial score (nSPS) is 11.1. The lowest BCUT2D eigenvalue weighted by molar-refractivity contribution is 0.630. The Labute approximate surface area is 139 Å². The van der Waals surface area contributed by atoms with E-state index in [1.165, 1.54) is 6.07 Å². The van der Waals surface area contributed by atoms with Crippen LogP contribution in [-0.4, -0.2) is 9.97 Å². The molecule has 0 fully saturated rings. The number of hydrogen-bond donors (Lipinski definition) is 0. The highest BCUT2D eigenvalue weighted by molar-refractivity contribution is 9.10. The van der Waals surface area contributed by atoms with Crippen molar-refractivity contribution in [3.8, 4) is 11.4 Å². The van der Waals surface area contributed by atoms with E-state index in [0.717, 1.165) is 15.4 Å². The van der Waals surface area contributed by atoms with Crippen LogP contribution >= 0.6 is 39.1 Å². The van der Waals surface area contributed by atoms with Crippen LogP contribution in [0.5, 0.6) is 0 Å². The largest absolute Gasteiger partial charge is 0.227 e. The molecule has 0 saturated heterocycles. The zero-order valence-electron chi connectivity index (χ0n) is 10.8. The molecule has 6 heteroatoms. The van der Waals surface area contributed by atoms with Gasteiger partial charge >= 0.3 is 0 Å². The Hall–Kier alpha value is -1.23. The molecule has 0 N–H and O–H groups in total. The van der Waals surface area contributed by atoms with Crippen molar-refractivity contribution in [1.82, 2.24) is 9.97 Å². The lowest BCUT2D eigenvalue weighted by atomic mass is 10.1. The number of nitrogens with zero attached hydrogens (tertiary/aromatic N) is 2. The number of aromatic nitrogens is 2. The lowest BCUT2D eigenvalue weighted by Gasteiger charge is -2.08. The Morgan fingerprint density at radius 3 is 2.67 bits per heavy atom. The highest BCUT2D eigenvalue weighted by atomic mass is 79.9. The fourth-order valence-electron chi connectivity index (χ4n) is 2.12. The van der Waals surface area contributed by atoms with Gasteiger partial charge in [0.05, 0.1) is 16.1 Å². The molecule has 21 heavy (non-hydrogen) atoms. The predicted molar refractivity (Wildman–Crippen MR) is 87.4 cm³/mol. The molecule has 2 aromatic carbocycles. The Balaban J connectivity index is 2.33. The molecule has 2 nitrogen and oxygen atoms in total. The lowest BCUT2D eigenvalue weighted by Crippen LogP contribution is -1.96. The van der Waals surface area contributed by atoms with Crippen molar-refractivity contribution in [2.45, 2.75) is 6.92 Å². The first-order chi connectivity index (χ1) is 9.97. The number of hydrogen-bond acceptors (Lipinski definition) is 2. The Morgan fingerprint density at radius 1 is 1.14 bits per heavy atom. The third kappa shape index (κ3) is 2.63. The van der Waals surface area contributed by atoms with Gasteiger partial charge in [-0.1, -0.05) is 45.2 Å². The van der Waals surface area contributed by atoms with Crippen molar-refractivity contribution in [2.24, 2.45) is 0 Å². The van der Waals surface area contributed by atoms with Gasteiger partial charge in [0, 0.05) is 9.86 Å². The van der Waals surface area contributed by atoms with Crippen molar-refractivity contribution in [3.05, 3.63) is 56.4 Å². The van der Waals surface area contributed by atoms with Crippen LogP contribution in [0, 0.1) is 12.7 Å². The zero-order chi connectivity index (χ0) is 15.1. The van der Waals surface area contributed by atoms with Gasteiger partial charge in [-0.25, -0.2) is 14.4 Å². The van der Waals surface area contributed by atoms with Gasteiger partial charge in [-0.05, 0) is 36.8 Å².